The zero-order valence-electron chi connectivity index (χ0n) is 33.0. The van der Waals surface area contributed by atoms with Gasteiger partial charge in [-0.15, -0.1) is 0 Å². The summed E-state index contributed by atoms with van der Waals surface area (Å²) in [5.41, 5.74) is 16.3. The van der Waals surface area contributed by atoms with E-state index in [0.717, 1.165) is 33.8 Å². The highest BCUT2D eigenvalue weighted by Gasteiger charge is 2.20. The average molecular weight is 765 g/mol. The summed E-state index contributed by atoms with van der Waals surface area (Å²) in [6.07, 6.45) is 0. The normalized spacial score (nSPS) is 11.3. The summed E-state index contributed by atoms with van der Waals surface area (Å²) < 4.78 is 2.43. The molecule has 10 aromatic carbocycles. The summed E-state index contributed by atoms with van der Waals surface area (Å²) >= 11 is 0. The first-order chi connectivity index (χ1) is 29.7. The van der Waals surface area contributed by atoms with Crippen LogP contribution in [0.2, 0.25) is 0 Å². The van der Waals surface area contributed by atoms with Crippen molar-refractivity contribution in [2.24, 2.45) is 0 Å². The van der Waals surface area contributed by atoms with Gasteiger partial charge in [-0.3, -0.25) is 0 Å². The van der Waals surface area contributed by atoms with E-state index in [-0.39, 0.29) is 0 Å². The number of anilines is 3. The molecule has 1 aromatic heterocycles. The number of benzene rings is 10. The molecule has 0 fully saturated rings. The Kier molecular flexibility index (Phi) is 8.87. The Balaban J connectivity index is 1.09. The largest absolute Gasteiger partial charge is 0.310 e. The van der Waals surface area contributed by atoms with Crippen molar-refractivity contribution in [2.45, 2.75) is 0 Å². The molecule has 0 radical (unpaired) electrons. The zero-order valence-corrected chi connectivity index (χ0v) is 33.0. The van der Waals surface area contributed by atoms with Crippen molar-refractivity contribution < 1.29 is 0 Å². The molecule has 0 aliphatic heterocycles. The van der Waals surface area contributed by atoms with Crippen molar-refractivity contribution in [3.05, 3.63) is 243 Å². The van der Waals surface area contributed by atoms with Crippen LogP contribution in [0.15, 0.2) is 243 Å². The number of hydrogen-bond acceptors (Lipinski definition) is 1. The molecule has 2 heteroatoms. The van der Waals surface area contributed by atoms with Gasteiger partial charge >= 0.3 is 0 Å². The van der Waals surface area contributed by atoms with Gasteiger partial charge in [0, 0.05) is 33.5 Å². The van der Waals surface area contributed by atoms with Crippen LogP contribution in [0.3, 0.4) is 0 Å². The van der Waals surface area contributed by atoms with E-state index in [4.69, 9.17) is 0 Å². The van der Waals surface area contributed by atoms with Crippen molar-refractivity contribution in [1.29, 1.82) is 0 Å². The second-order valence-electron chi connectivity index (χ2n) is 15.4. The van der Waals surface area contributed by atoms with Crippen LogP contribution in [0, 0.1) is 0 Å². The molecule has 0 spiro atoms. The highest BCUT2D eigenvalue weighted by atomic mass is 15.1. The Morgan fingerprint density at radius 1 is 0.283 bits per heavy atom. The van der Waals surface area contributed by atoms with Crippen molar-refractivity contribution >= 4 is 49.6 Å². The van der Waals surface area contributed by atoms with Gasteiger partial charge < -0.3 is 9.47 Å². The second-order valence-corrected chi connectivity index (χ2v) is 15.4. The molecule has 1 heterocycles. The third kappa shape index (κ3) is 6.41. The van der Waals surface area contributed by atoms with E-state index in [1.807, 2.05) is 0 Å². The lowest BCUT2D eigenvalue weighted by molar-refractivity contribution is 1.18. The number of aromatic nitrogens is 1. The Bertz CT molecular complexity index is 3270. The molecule has 0 atom stereocenters. The van der Waals surface area contributed by atoms with E-state index < -0.39 is 0 Å². The maximum absolute atomic E-state index is 2.43. The molecule has 11 rings (SSSR count). The second kappa shape index (κ2) is 15.1. The summed E-state index contributed by atoms with van der Waals surface area (Å²) in [5.74, 6) is 0. The van der Waals surface area contributed by atoms with E-state index in [0.29, 0.717) is 0 Å². The van der Waals surface area contributed by atoms with Crippen LogP contribution in [0.5, 0.6) is 0 Å². The fraction of sp³-hybridized carbons (Fsp3) is 0. The lowest BCUT2D eigenvalue weighted by atomic mass is 9.97. The van der Waals surface area contributed by atoms with Crippen LogP contribution in [0.1, 0.15) is 0 Å². The molecule has 0 aliphatic rings. The van der Waals surface area contributed by atoms with Gasteiger partial charge in [-0.25, -0.2) is 0 Å². The number of nitrogens with zero attached hydrogens (tertiary/aromatic N) is 2. The molecular weight excluding hydrogens is 725 g/mol. The van der Waals surface area contributed by atoms with Crippen molar-refractivity contribution in [3.63, 3.8) is 0 Å². The van der Waals surface area contributed by atoms with Crippen molar-refractivity contribution in [3.8, 4) is 50.2 Å². The Labute approximate surface area is 350 Å². The summed E-state index contributed by atoms with van der Waals surface area (Å²) in [4.78, 5) is 2.40. The molecule has 0 N–H and O–H groups in total. The SMILES string of the molecule is c1ccc(-c2ccc(-c3cccc(N(c4ccc(-c5ccccc5)cc4)c4ccc5c6c(-c7ccc8ccccc8c7)cccc6n(-c6ccccc6)c5c4)c3)cc2)cc1. The molecule has 2 nitrogen and oxygen atoms in total. The minimum atomic E-state index is 1.08. The highest BCUT2D eigenvalue weighted by molar-refractivity contribution is 6.17. The maximum atomic E-state index is 2.43. The van der Waals surface area contributed by atoms with E-state index >= 15 is 0 Å². The maximum Gasteiger partial charge on any atom is 0.0562 e. The van der Waals surface area contributed by atoms with Gasteiger partial charge in [-0.05, 0) is 116 Å². The molecule has 60 heavy (non-hydrogen) atoms. The molecule has 0 aliphatic carbocycles. The Morgan fingerprint density at radius 2 is 0.800 bits per heavy atom. The Morgan fingerprint density at radius 3 is 1.50 bits per heavy atom. The summed E-state index contributed by atoms with van der Waals surface area (Å²) in [6.45, 7) is 0. The van der Waals surface area contributed by atoms with Gasteiger partial charge in [0.25, 0.3) is 0 Å². The van der Waals surface area contributed by atoms with Gasteiger partial charge in [0.1, 0.15) is 0 Å². The number of fused-ring (bicyclic) bond motifs is 4. The van der Waals surface area contributed by atoms with Crippen LogP contribution in [0.4, 0.5) is 17.1 Å². The van der Waals surface area contributed by atoms with Crippen molar-refractivity contribution in [2.75, 3.05) is 4.90 Å². The number of para-hydroxylation sites is 1. The van der Waals surface area contributed by atoms with Gasteiger partial charge in [0.15, 0.2) is 0 Å². The average Bonchev–Trinajstić information content (AvgIpc) is 3.67. The van der Waals surface area contributed by atoms with E-state index in [1.165, 1.54) is 66.0 Å². The topological polar surface area (TPSA) is 8.17 Å². The molecule has 0 amide bonds. The molecule has 0 saturated carbocycles. The van der Waals surface area contributed by atoms with E-state index in [1.54, 1.807) is 0 Å². The molecule has 0 bridgehead atoms. The fourth-order valence-electron chi connectivity index (χ4n) is 8.84. The number of rotatable bonds is 8. The van der Waals surface area contributed by atoms with Crippen LogP contribution in [0.25, 0.3) is 82.8 Å². The molecular formula is C58H40N2. The lowest BCUT2D eigenvalue weighted by Crippen LogP contribution is -2.10. The summed E-state index contributed by atoms with van der Waals surface area (Å²) in [6, 6.07) is 87.9. The van der Waals surface area contributed by atoms with Crippen LogP contribution in [-0.4, -0.2) is 4.57 Å². The first kappa shape index (κ1) is 35.2. The predicted octanol–water partition coefficient (Wildman–Crippen LogP) is 16.1. The third-order valence-electron chi connectivity index (χ3n) is 11.8. The first-order valence-electron chi connectivity index (χ1n) is 20.6. The predicted molar refractivity (Wildman–Crippen MR) is 255 cm³/mol. The van der Waals surface area contributed by atoms with Crippen molar-refractivity contribution in [1.82, 2.24) is 4.57 Å². The Hall–Kier alpha value is -7.94. The quantitative estimate of drug-likeness (QED) is 0.150. The molecule has 0 unspecified atom stereocenters. The van der Waals surface area contributed by atoms with Gasteiger partial charge in [-0.2, -0.15) is 0 Å². The van der Waals surface area contributed by atoms with E-state index in [9.17, 15) is 0 Å². The zero-order chi connectivity index (χ0) is 39.8. The van der Waals surface area contributed by atoms with E-state index in [2.05, 4.69) is 252 Å². The molecule has 11 aromatic rings. The summed E-state index contributed by atoms with van der Waals surface area (Å²) in [5, 5.41) is 4.95. The monoisotopic (exact) mass is 764 g/mol. The van der Waals surface area contributed by atoms with Gasteiger partial charge in [0.2, 0.25) is 0 Å². The van der Waals surface area contributed by atoms with Crippen LogP contribution in [-0.2, 0) is 0 Å². The minimum Gasteiger partial charge on any atom is -0.310 e. The first-order valence-corrected chi connectivity index (χ1v) is 20.6. The molecule has 0 saturated heterocycles. The lowest BCUT2D eigenvalue weighted by Gasteiger charge is -2.26. The minimum absolute atomic E-state index is 1.08. The number of hydrogen-bond donors (Lipinski definition) is 0. The fourth-order valence-corrected chi connectivity index (χ4v) is 8.84. The smallest absolute Gasteiger partial charge is 0.0562 e. The summed E-state index contributed by atoms with van der Waals surface area (Å²) in [7, 11) is 0. The molecule has 282 valence electrons. The van der Waals surface area contributed by atoms with Gasteiger partial charge in [0.05, 0.1) is 11.0 Å². The third-order valence-corrected chi connectivity index (χ3v) is 11.8. The highest BCUT2D eigenvalue weighted by Crippen LogP contribution is 2.44. The van der Waals surface area contributed by atoms with Gasteiger partial charge in [-0.1, -0.05) is 182 Å². The van der Waals surface area contributed by atoms with Crippen LogP contribution < -0.4 is 4.90 Å². The van der Waals surface area contributed by atoms with Crippen LogP contribution >= 0.6 is 0 Å². The standard InChI is InChI=1S/C58H40N2/c1-4-14-41(15-5-1)44-26-28-46(29-27-44)48-20-12-23-52(39-48)59(51-34-32-45(33-35-51)42-16-6-2-7-17-42)53-36-37-55-57(40-53)60(50-21-8-3-9-22-50)56-25-13-24-54(58(55)56)49-31-30-43-18-10-11-19-47(43)38-49/h1-40H.